The number of anilines is 1. The number of amides is 2. The molecule has 3 N–H and O–H groups in total. The van der Waals surface area contributed by atoms with Gasteiger partial charge < -0.3 is 25.4 Å². The lowest BCUT2D eigenvalue weighted by Crippen LogP contribution is -2.53. The molecular formula is C21H23ClFN3O4. The monoisotopic (exact) mass is 435 g/mol. The van der Waals surface area contributed by atoms with Crippen LogP contribution in [-0.2, 0) is 9.59 Å². The smallest absolute Gasteiger partial charge is 0.258 e. The minimum Gasteiger partial charge on any atom is -0.497 e. The molecule has 0 bridgehead atoms. The minimum absolute atomic E-state index is 0.00919. The summed E-state index contributed by atoms with van der Waals surface area (Å²) in [6.07, 6.45) is 1.22. The molecule has 1 aliphatic rings. The van der Waals surface area contributed by atoms with E-state index in [2.05, 4.69) is 16.0 Å². The van der Waals surface area contributed by atoms with E-state index in [0.717, 1.165) is 6.07 Å². The number of benzene rings is 2. The van der Waals surface area contributed by atoms with Crippen molar-refractivity contribution in [2.75, 3.05) is 25.6 Å². The molecule has 1 saturated heterocycles. The minimum atomic E-state index is -0.607. The van der Waals surface area contributed by atoms with E-state index in [1.807, 2.05) is 0 Å². The van der Waals surface area contributed by atoms with E-state index in [1.54, 1.807) is 31.4 Å². The van der Waals surface area contributed by atoms with Gasteiger partial charge in [0.25, 0.3) is 5.91 Å². The predicted molar refractivity (Wildman–Crippen MR) is 111 cm³/mol. The maximum absolute atomic E-state index is 13.4. The predicted octanol–water partition coefficient (Wildman–Crippen LogP) is 2.74. The summed E-state index contributed by atoms with van der Waals surface area (Å²) in [5, 5.41) is 8.84. The molecule has 160 valence electrons. The number of halogens is 2. The van der Waals surface area contributed by atoms with Gasteiger partial charge in [-0.05, 0) is 37.1 Å². The standard InChI is InChI=1S/C21H23ClFN3O4/c1-29-15-4-2-3-13(9-15)26-21(28)19-8-5-14(11-24-19)25-20(27)12-30-16-6-7-17(22)18(23)10-16/h2-4,6-7,9-10,14,19,24H,5,8,11-12H2,1H3,(H,25,27)(H,26,28). The average Bonchev–Trinajstić information content (AvgIpc) is 2.75. The van der Waals surface area contributed by atoms with Crippen molar-refractivity contribution in [2.24, 2.45) is 0 Å². The van der Waals surface area contributed by atoms with Gasteiger partial charge in [-0.15, -0.1) is 0 Å². The lowest BCUT2D eigenvalue weighted by Gasteiger charge is -2.29. The highest BCUT2D eigenvalue weighted by molar-refractivity contribution is 6.30. The fourth-order valence-electron chi connectivity index (χ4n) is 3.12. The summed E-state index contributed by atoms with van der Waals surface area (Å²) in [4.78, 5) is 24.5. The van der Waals surface area contributed by atoms with Crippen LogP contribution in [-0.4, -0.2) is 44.2 Å². The molecule has 3 rings (SSSR count). The van der Waals surface area contributed by atoms with Gasteiger partial charge in [-0.1, -0.05) is 17.7 Å². The number of rotatable bonds is 7. The second-order valence-corrected chi connectivity index (χ2v) is 7.30. The van der Waals surface area contributed by atoms with Crippen molar-refractivity contribution in [1.82, 2.24) is 10.6 Å². The summed E-state index contributed by atoms with van der Waals surface area (Å²) in [5.74, 6) is -0.180. The normalized spacial score (nSPS) is 18.4. The van der Waals surface area contributed by atoms with Gasteiger partial charge in [0, 0.05) is 30.4 Å². The van der Waals surface area contributed by atoms with E-state index < -0.39 is 5.82 Å². The lowest BCUT2D eigenvalue weighted by molar-refractivity contribution is -0.124. The third kappa shape index (κ3) is 6.08. The van der Waals surface area contributed by atoms with E-state index >= 15 is 0 Å². The summed E-state index contributed by atoms with van der Waals surface area (Å²) in [6, 6.07) is 10.7. The zero-order valence-corrected chi connectivity index (χ0v) is 17.2. The molecular weight excluding hydrogens is 413 g/mol. The van der Waals surface area contributed by atoms with Gasteiger partial charge in [0.05, 0.1) is 18.2 Å². The maximum atomic E-state index is 13.4. The summed E-state index contributed by atoms with van der Waals surface area (Å²) in [5.41, 5.74) is 0.660. The fourth-order valence-corrected chi connectivity index (χ4v) is 3.24. The zero-order chi connectivity index (χ0) is 21.5. The van der Waals surface area contributed by atoms with Gasteiger partial charge in [-0.3, -0.25) is 9.59 Å². The Morgan fingerprint density at radius 1 is 1.20 bits per heavy atom. The number of nitrogens with one attached hydrogen (secondary N) is 3. The Morgan fingerprint density at radius 3 is 2.73 bits per heavy atom. The summed E-state index contributed by atoms with van der Waals surface area (Å²) in [6.45, 7) is 0.217. The highest BCUT2D eigenvalue weighted by Gasteiger charge is 2.26. The Balaban J connectivity index is 1.40. The van der Waals surface area contributed by atoms with Crippen LogP contribution in [0.3, 0.4) is 0 Å². The molecule has 0 saturated carbocycles. The van der Waals surface area contributed by atoms with Crippen LogP contribution in [0.15, 0.2) is 42.5 Å². The molecule has 7 nitrogen and oxygen atoms in total. The summed E-state index contributed by atoms with van der Waals surface area (Å²) < 4.78 is 23.8. The first kappa shape index (κ1) is 21.9. The van der Waals surface area contributed by atoms with Gasteiger partial charge in [-0.2, -0.15) is 0 Å². The Bertz CT molecular complexity index is 904. The van der Waals surface area contributed by atoms with E-state index in [1.165, 1.54) is 12.1 Å². The SMILES string of the molecule is COc1cccc(NC(=O)C2CCC(NC(=O)COc3ccc(Cl)c(F)c3)CN2)c1. The molecule has 1 heterocycles. The third-order valence-electron chi connectivity index (χ3n) is 4.69. The molecule has 0 aromatic heterocycles. The molecule has 30 heavy (non-hydrogen) atoms. The van der Waals surface area contributed by atoms with Gasteiger partial charge in [0.1, 0.15) is 17.3 Å². The largest absolute Gasteiger partial charge is 0.497 e. The van der Waals surface area contributed by atoms with E-state index in [9.17, 15) is 14.0 Å². The van der Waals surface area contributed by atoms with Gasteiger partial charge in [-0.25, -0.2) is 4.39 Å². The second-order valence-electron chi connectivity index (χ2n) is 6.89. The number of ether oxygens (including phenoxy) is 2. The van der Waals surface area contributed by atoms with Crippen LogP contribution in [0.4, 0.5) is 10.1 Å². The van der Waals surface area contributed by atoms with Crippen LogP contribution >= 0.6 is 11.6 Å². The summed E-state index contributed by atoms with van der Waals surface area (Å²) >= 11 is 5.61. The molecule has 2 amide bonds. The van der Waals surface area contributed by atoms with Gasteiger partial charge in [0.2, 0.25) is 5.91 Å². The van der Waals surface area contributed by atoms with Gasteiger partial charge >= 0.3 is 0 Å². The highest BCUT2D eigenvalue weighted by atomic mass is 35.5. The van der Waals surface area contributed by atoms with Gasteiger partial charge in [0.15, 0.2) is 6.61 Å². The number of methoxy groups -OCH3 is 1. The van der Waals surface area contributed by atoms with Crippen molar-refractivity contribution in [3.05, 3.63) is 53.3 Å². The number of carbonyl (C=O) groups is 2. The molecule has 9 heteroatoms. The van der Waals surface area contributed by atoms with Crippen molar-refractivity contribution < 1.29 is 23.5 Å². The molecule has 0 spiro atoms. The van der Waals surface area contributed by atoms with E-state index in [4.69, 9.17) is 21.1 Å². The van der Waals surface area contributed by atoms with Crippen molar-refractivity contribution in [3.8, 4) is 11.5 Å². The Kier molecular flexibility index (Phi) is 7.48. The van der Waals surface area contributed by atoms with Crippen LogP contribution < -0.4 is 25.4 Å². The van der Waals surface area contributed by atoms with Crippen LogP contribution in [0.5, 0.6) is 11.5 Å². The topological polar surface area (TPSA) is 88.7 Å². The lowest BCUT2D eigenvalue weighted by atomic mass is 10.00. The van der Waals surface area contributed by atoms with E-state index in [0.29, 0.717) is 30.8 Å². The number of carbonyl (C=O) groups excluding carboxylic acids is 2. The van der Waals surface area contributed by atoms with Crippen LogP contribution in [0.2, 0.25) is 5.02 Å². The Labute approximate surface area is 178 Å². The second kappa shape index (κ2) is 10.3. The van der Waals surface area contributed by atoms with Crippen LogP contribution in [0.25, 0.3) is 0 Å². The molecule has 2 unspecified atom stereocenters. The molecule has 2 aromatic carbocycles. The Hall–Kier alpha value is -2.84. The Morgan fingerprint density at radius 2 is 2.03 bits per heavy atom. The number of piperidine rings is 1. The molecule has 1 aliphatic heterocycles. The molecule has 1 fully saturated rings. The van der Waals surface area contributed by atoms with Crippen LogP contribution in [0.1, 0.15) is 12.8 Å². The quantitative estimate of drug-likeness (QED) is 0.622. The fraction of sp³-hybridized carbons (Fsp3) is 0.333. The first-order chi connectivity index (χ1) is 14.4. The first-order valence-electron chi connectivity index (χ1n) is 9.50. The van der Waals surface area contributed by atoms with Crippen molar-refractivity contribution >= 4 is 29.1 Å². The molecule has 0 aliphatic carbocycles. The van der Waals surface area contributed by atoms with Crippen molar-refractivity contribution in [3.63, 3.8) is 0 Å². The molecule has 2 aromatic rings. The number of hydrogen-bond donors (Lipinski definition) is 3. The van der Waals surface area contributed by atoms with E-state index in [-0.39, 0.29) is 41.3 Å². The van der Waals surface area contributed by atoms with Crippen molar-refractivity contribution in [1.29, 1.82) is 0 Å². The van der Waals surface area contributed by atoms with Crippen LogP contribution in [0, 0.1) is 5.82 Å². The average molecular weight is 436 g/mol. The maximum Gasteiger partial charge on any atom is 0.258 e. The number of hydrogen-bond acceptors (Lipinski definition) is 5. The highest BCUT2D eigenvalue weighted by Crippen LogP contribution is 2.20. The summed E-state index contributed by atoms with van der Waals surface area (Å²) in [7, 11) is 1.57. The first-order valence-corrected chi connectivity index (χ1v) is 9.88. The molecule has 0 radical (unpaired) electrons. The molecule has 2 atom stereocenters. The zero-order valence-electron chi connectivity index (χ0n) is 16.4. The van der Waals surface area contributed by atoms with Crippen molar-refractivity contribution in [2.45, 2.75) is 24.9 Å². The third-order valence-corrected chi connectivity index (χ3v) is 5.00.